The lowest BCUT2D eigenvalue weighted by atomic mass is 10.2. The lowest BCUT2D eigenvalue weighted by Crippen LogP contribution is -2.12. The highest BCUT2D eigenvalue weighted by atomic mass is 32.2. The van der Waals surface area contributed by atoms with Crippen LogP contribution in [0.2, 0.25) is 0 Å². The molecular formula is C13H15N3O3S2. The van der Waals surface area contributed by atoms with Crippen LogP contribution in [0.3, 0.4) is 0 Å². The summed E-state index contributed by atoms with van der Waals surface area (Å²) in [6, 6.07) is 3.11. The van der Waals surface area contributed by atoms with Crippen molar-refractivity contribution in [1.82, 2.24) is 5.32 Å². The van der Waals surface area contributed by atoms with E-state index < -0.39 is 5.97 Å². The molecule has 0 aliphatic carbocycles. The number of carboxylic acids is 1. The quantitative estimate of drug-likeness (QED) is 0.282. The molecule has 0 saturated heterocycles. The van der Waals surface area contributed by atoms with E-state index in [1.54, 1.807) is 18.4 Å². The van der Waals surface area contributed by atoms with Gasteiger partial charge in [-0.05, 0) is 18.1 Å². The van der Waals surface area contributed by atoms with Crippen molar-refractivity contribution in [2.75, 3.05) is 19.1 Å². The second kappa shape index (κ2) is 8.44. The van der Waals surface area contributed by atoms with Crippen molar-refractivity contribution in [3.8, 4) is 11.9 Å². The third-order valence-electron chi connectivity index (χ3n) is 2.39. The molecule has 0 bridgehead atoms. The Labute approximate surface area is 131 Å². The maximum Gasteiger partial charge on any atom is 0.339 e. The molecule has 0 saturated carbocycles. The Hall–Kier alpha value is -1.85. The summed E-state index contributed by atoms with van der Waals surface area (Å²) in [7, 11) is 1.41. The molecule has 8 heteroatoms. The number of aliphatic imine (C=N–C) groups is 1. The SMILES string of the molecule is CCSc1cc(C(=O)O)c(OC)cc1N=C(NC#N)SC. The topological polar surface area (TPSA) is 94.7 Å². The Balaban J connectivity index is 3.42. The first-order chi connectivity index (χ1) is 10.1. The number of carboxylic acid groups (broad SMARTS) is 1. The fraction of sp³-hybridized carbons (Fsp3) is 0.308. The first-order valence-electron chi connectivity index (χ1n) is 5.93. The van der Waals surface area contributed by atoms with E-state index in [-0.39, 0.29) is 11.3 Å². The predicted octanol–water partition coefficient (Wildman–Crippen LogP) is 2.93. The molecular weight excluding hydrogens is 310 g/mol. The summed E-state index contributed by atoms with van der Waals surface area (Å²) in [5.74, 6) is -0.0477. The number of thioether (sulfide) groups is 2. The van der Waals surface area contributed by atoms with Gasteiger partial charge in [0.15, 0.2) is 11.4 Å². The molecule has 1 aromatic carbocycles. The van der Waals surface area contributed by atoms with Gasteiger partial charge in [0, 0.05) is 11.0 Å². The van der Waals surface area contributed by atoms with Crippen LogP contribution in [0.4, 0.5) is 5.69 Å². The zero-order valence-corrected chi connectivity index (χ0v) is 13.5. The van der Waals surface area contributed by atoms with Crippen LogP contribution in [0.5, 0.6) is 5.75 Å². The first-order valence-corrected chi connectivity index (χ1v) is 8.14. The Morgan fingerprint density at radius 2 is 2.29 bits per heavy atom. The minimum atomic E-state index is -1.06. The molecule has 1 rings (SSSR count). The summed E-state index contributed by atoms with van der Waals surface area (Å²) in [5.41, 5.74) is 0.655. The number of nitrogens with one attached hydrogen (secondary N) is 1. The Morgan fingerprint density at radius 3 is 2.76 bits per heavy atom. The van der Waals surface area contributed by atoms with Crippen LogP contribution < -0.4 is 10.1 Å². The van der Waals surface area contributed by atoms with Crippen molar-refractivity contribution in [1.29, 1.82) is 5.26 Å². The average Bonchev–Trinajstić information content (AvgIpc) is 2.47. The van der Waals surface area contributed by atoms with Gasteiger partial charge in [0.1, 0.15) is 11.3 Å². The van der Waals surface area contributed by atoms with Gasteiger partial charge in [-0.3, -0.25) is 5.32 Å². The molecule has 0 heterocycles. The molecule has 1 aromatic rings. The summed E-state index contributed by atoms with van der Waals surface area (Å²) in [6.07, 6.45) is 3.61. The largest absolute Gasteiger partial charge is 0.496 e. The van der Waals surface area contributed by atoms with Gasteiger partial charge in [0.05, 0.1) is 12.8 Å². The number of hydrogen-bond acceptors (Lipinski definition) is 6. The van der Waals surface area contributed by atoms with E-state index in [9.17, 15) is 9.90 Å². The van der Waals surface area contributed by atoms with Gasteiger partial charge < -0.3 is 9.84 Å². The molecule has 0 amide bonds. The maximum absolute atomic E-state index is 11.2. The van der Waals surface area contributed by atoms with Gasteiger partial charge in [-0.25, -0.2) is 9.79 Å². The number of benzene rings is 1. The Kier molecular flexibility index (Phi) is 6.91. The molecule has 2 N–H and O–H groups in total. The number of carbonyl (C=O) groups is 1. The number of hydrogen-bond donors (Lipinski definition) is 2. The molecule has 6 nitrogen and oxygen atoms in total. The molecule has 0 atom stereocenters. The zero-order valence-electron chi connectivity index (χ0n) is 11.8. The van der Waals surface area contributed by atoms with E-state index >= 15 is 0 Å². The van der Waals surface area contributed by atoms with Gasteiger partial charge in [0.25, 0.3) is 0 Å². The summed E-state index contributed by atoms with van der Waals surface area (Å²) >= 11 is 2.77. The highest BCUT2D eigenvalue weighted by molar-refractivity contribution is 8.13. The van der Waals surface area contributed by atoms with E-state index in [1.807, 2.05) is 13.1 Å². The molecule has 0 aliphatic heterocycles. The molecule has 0 fully saturated rings. The van der Waals surface area contributed by atoms with Crippen LogP contribution in [-0.4, -0.2) is 35.4 Å². The minimum absolute atomic E-state index is 0.0892. The molecule has 112 valence electrons. The Morgan fingerprint density at radius 1 is 1.57 bits per heavy atom. The van der Waals surface area contributed by atoms with Gasteiger partial charge in [-0.1, -0.05) is 18.7 Å². The number of aromatic carboxylic acids is 1. The summed E-state index contributed by atoms with van der Waals surface area (Å²) in [5, 5.41) is 20.8. The number of ether oxygens (including phenoxy) is 1. The monoisotopic (exact) mass is 325 g/mol. The number of nitriles is 1. The van der Waals surface area contributed by atoms with E-state index in [4.69, 9.17) is 10.00 Å². The van der Waals surface area contributed by atoms with Gasteiger partial charge in [-0.2, -0.15) is 5.26 Å². The molecule has 0 radical (unpaired) electrons. The van der Waals surface area contributed by atoms with Crippen LogP contribution in [-0.2, 0) is 0 Å². The van der Waals surface area contributed by atoms with Crippen molar-refractivity contribution in [2.45, 2.75) is 11.8 Å². The standard InChI is InChI=1S/C13H15N3O3S2/c1-4-21-11-5-8(12(17)18)10(19-2)6-9(11)16-13(20-3)15-7-14/h5-6H,4H2,1-3H3,(H,15,16)(H,17,18). The highest BCUT2D eigenvalue weighted by Crippen LogP contribution is 2.36. The lowest BCUT2D eigenvalue weighted by Gasteiger charge is -2.11. The third-order valence-corrected chi connectivity index (χ3v) is 3.90. The number of rotatable bonds is 5. The number of nitrogens with zero attached hydrogens (tertiary/aromatic N) is 2. The Bertz CT molecular complexity index is 597. The average molecular weight is 325 g/mol. The first kappa shape index (κ1) is 17.2. The van der Waals surface area contributed by atoms with Crippen molar-refractivity contribution in [3.63, 3.8) is 0 Å². The second-order valence-corrected chi connectivity index (χ2v) is 5.72. The van der Waals surface area contributed by atoms with Gasteiger partial charge in [-0.15, -0.1) is 11.8 Å². The number of amidine groups is 1. The number of methoxy groups -OCH3 is 1. The van der Waals surface area contributed by atoms with Crippen LogP contribution in [0.15, 0.2) is 22.0 Å². The fourth-order valence-electron chi connectivity index (χ4n) is 1.53. The van der Waals surface area contributed by atoms with Crippen molar-refractivity contribution in [3.05, 3.63) is 17.7 Å². The van der Waals surface area contributed by atoms with Crippen LogP contribution >= 0.6 is 23.5 Å². The van der Waals surface area contributed by atoms with Crippen LogP contribution in [0, 0.1) is 11.5 Å². The van der Waals surface area contributed by atoms with Gasteiger partial charge >= 0.3 is 5.97 Å². The van der Waals surface area contributed by atoms with E-state index in [2.05, 4.69) is 10.3 Å². The van der Waals surface area contributed by atoms with Gasteiger partial charge in [0.2, 0.25) is 0 Å². The molecule has 0 unspecified atom stereocenters. The predicted molar refractivity (Wildman–Crippen MR) is 85.7 cm³/mol. The van der Waals surface area contributed by atoms with E-state index in [1.165, 1.54) is 30.6 Å². The molecule has 21 heavy (non-hydrogen) atoms. The summed E-state index contributed by atoms with van der Waals surface area (Å²) in [6.45, 7) is 1.96. The third kappa shape index (κ3) is 4.58. The molecule has 0 spiro atoms. The lowest BCUT2D eigenvalue weighted by molar-refractivity contribution is 0.0693. The van der Waals surface area contributed by atoms with E-state index in [0.717, 1.165) is 10.6 Å². The maximum atomic E-state index is 11.2. The van der Waals surface area contributed by atoms with E-state index in [0.29, 0.717) is 10.9 Å². The second-order valence-electron chi connectivity index (χ2n) is 3.62. The normalized spacial score (nSPS) is 10.9. The summed E-state index contributed by atoms with van der Waals surface area (Å²) in [4.78, 5) is 16.3. The highest BCUT2D eigenvalue weighted by Gasteiger charge is 2.16. The minimum Gasteiger partial charge on any atom is -0.496 e. The smallest absolute Gasteiger partial charge is 0.339 e. The van der Waals surface area contributed by atoms with Crippen molar-refractivity contribution < 1.29 is 14.6 Å². The van der Waals surface area contributed by atoms with Crippen molar-refractivity contribution in [2.24, 2.45) is 4.99 Å². The van der Waals surface area contributed by atoms with Crippen molar-refractivity contribution >= 4 is 40.3 Å². The molecule has 0 aromatic heterocycles. The summed E-state index contributed by atoms with van der Waals surface area (Å²) < 4.78 is 5.10. The van der Waals surface area contributed by atoms with Crippen LogP contribution in [0.25, 0.3) is 0 Å². The zero-order chi connectivity index (χ0) is 15.8. The molecule has 0 aliphatic rings. The fourth-order valence-corrected chi connectivity index (χ4v) is 2.63. The van der Waals surface area contributed by atoms with Crippen LogP contribution in [0.1, 0.15) is 17.3 Å².